The van der Waals surface area contributed by atoms with Crippen LogP contribution in [0, 0.1) is 14.1 Å². The summed E-state index contributed by atoms with van der Waals surface area (Å²) >= 11 is 13.4. The number of allylic oxidation sites excluding steroid dienone is 2. The molecule has 2 aliphatic rings. The number of azo groups is 1. The van der Waals surface area contributed by atoms with Gasteiger partial charge in [-0.15, -0.1) is 16.5 Å². The van der Waals surface area contributed by atoms with Crippen molar-refractivity contribution in [3.8, 4) is 5.69 Å². The summed E-state index contributed by atoms with van der Waals surface area (Å²) in [5.41, 5.74) is 4.97. The number of nitrogens with one attached hydrogen (secondary N) is 2. The lowest BCUT2D eigenvalue weighted by Crippen LogP contribution is -2.27. The summed E-state index contributed by atoms with van der Waals surface area (Å²) in [7, 11) is 0. The summed E-state index contributed by atoms with van der Waals surface area (Å²) in [5.74, 6) is 0.467. The summed E-state index contributed by atoms with van der Waals surface area (Å²) in [4.78, 5) is 25.3. The number of halogens is 1. The zero-order valence-electron chi connectivity index (χ0n) is 21.7. The fourth-order valence-electron chi connectivity index (χ4n) is 5.44. The monoisotopic (exact) mass is 613 g/mol. The van der Waals surface area contributed by atoms with Gasteiger partial charge in [-0.1, -0.05) is 29.8 Å². The Labute approximate surface area is 252 Å². The number of benzene rings is 3. The Morgan fingerprint density at radius 3 is 2.45 bits per heavy atom. The van der Waals surface area contributed by atoms with E-state index >= 15 is 0 Å². The maximum absolute atomic E-state index is 13.3. The van der Waals surface area contributed by atoms with Crippen LogP contribution in [-0.4, -0.2) is 19.3 Å². The molecular formula is C29H20ClN7O3S2. The standard InChI is InChI=1S/C29H20ClN7O3S2/c30-17-8-10-18(11-9-17)32-33-24-27-31-21-14-15-22-26(42-29(41)35(22)19-4-2-1-3-5-19)23(21)25(36(27)34-28(24)38)16-6-12-20(13-7-16)37(39)40/h1-13,25,31H,14-15H2,(H,34,38). The minimum atomic E-state index is -0.499. The van der Waals surface area contributed by atoms with Crippen LogP contribution in [-0.2, 0) is 6.42 Å². The number of nitrogens with zero attached hydrogens (tertiary/aromatic N) is 5. The van der Waals surface area contributed by atoms with E-state index in [1.165, 1.54) is 23.5 Å². The molecular weight excluding hydrogens is 594 g/mol. The van der Waals surface area contributed by atoms with E-state index in [0.29, 0.717) is 26.9 Å². The zero-order valence-corrected chi connectivity index (χ0v) is 24.0. The molecule has 0 fully saturated rings. The Hall–Kier alpha value is -4.65. The van der Waals surface area contributed by atoms with Crippen LogP contribution in [0.15, 0.2) is 99.6 Å². The van der Waals surface area contributed by atoms with Gasteiger partial charge in [0.15, 0.2) is 15.5 Å². The Morgan fingerprint density at radius 1 is 1.00 bits per heavy atom. The summed E-state index contributed by atoms with van der Waals surface area (Å²) in [6.45, 7) is 0. The second-order valence-electron chi connectivity index (χ2n) is 9.77. The van der Waals surface area contributed by atoms with E-state index in [1.54, 1.807) is 41.1 Å². The number of rotatable bonds is 5. The molecule has 0 bridgehead atoms. The topological polar surface area (TPSA) is 123 Å². The van der Waals surface area contributed by atoms with Crippen LogP contribution in [0.2, 0.25) is 5.02 Å². The third kappa shape index (κ3) is 4.40. The van der Waals surface area contributed by atoms with Crippen molar-refractivity contribution in [1.82, 2.24) is 14.3 Å². The first-order valence-corrected chi connectivity index (χ1v) is 14.6. The number of aromatic nitrogens is 3. The van der Waals surface area contributed by atoms with Gasteiger partial charge in [-0.25, -0.2) is 0 Å². The molecule has 42 heavy (non-hydrogen) atoms. The first-order chi connectivity index (χ1) is 20.4. The molecule has 3 heterocycles. The number of H-pyrrole nitrogens is 1. The fourth-order valence-corrected chi connectivity index (χ4v) is 7.17. The number of aromatic amines is 1. The number of nitro groups is 1. The molecule has 1 aliphatic carbocycles. The van der Waals surface area contributed by atoms with Crippen molar-refractivity contribution in [1.29, 1.82) is 0 Å². The lowest BCUT2D eigenvalue weighted by molar-refractivity contribution is -0.384. The molecule has 3 aromatic carbocycles. The first kappa shape index (κ1) is 26.3. The summed E-state index contributed by atoms with van der Waals surface area (Å²) in [6.07, 6.45) is 1.39. The first-order valence-electron chi connectivity index (χ1n) is 13.0. The van der Waals surface area contributed by atoms with Crippen LogP contribution in [0.4, 0.5) is 22.9 Å². The van der Waals surface area contributed by atoms with E-state index in [0.717, 1.165) is 39.5 Å². The minimum absolute atomic E-state index is 0.0178. The molecule has 0 radical (unpaired) electrons. The van der Waals surface area contributed by atoms with E-state index in [-0.39, 0.29) is 11.4 Å². The SMILES string of the molecule is O=c1[nH]n2c(c1N=Nc1ccc(Cl)cc1)NC1=C(c3sc(=S)n(-c4ccccc4)c3CC1)C2c1ccc([N+](=O)[O-])cc1. The highest BCUT2D eigenvalue weighted by atomic mass is 35.5. The largest absolute Gasteiger partial charge is 0.342 e. The summed E-state index contributed by atoms with van der Waals surface area (Å²) in [6, 6.07) is 22.7. The fraction of sp³-hybridized carbons (Fsp3) is 0.103. The van der Waals surface area contributed by atoms with Gasteiger partial charge in [0.2, 0.25) is 0 Å². The van der Waals surface area contributed by atoms with Gasteiger partial charge in [0, 0.05) is 39.8 Å². The molecule has 1 aliphatic heterocycles. The maximum Gasteiger partial charge on any atom is 0.294 e. The Balaban J connectivity index is 1.40. The number of para-hydroxylation sites is 1. The molecule has 0 saturated heterocycles. The molecule has 1 unspecified atom stereocenters. The van der Waals surface area contributed by atoms with Crippen molar-refractivity contribution >= 4 is 63.6 Å². The molecule has 0 spiro atoms. The Kier molecular flexibility index (Phi) is 6.45. The summed E-state index contributed by atoms with van der Waals surface area (Å²) < 4.78 is 4.54. The highest BCUT2D eigenvalue weighted by molar-refractivity contribution is 7.73. The van der Waals surface area contributed by atoms with Gasteiger partial charge in [-0.05, 0) is 79.2 Å². The predicted molar refractivity (Wildman–Crippen MR) is 165 cm³/mol. The second-order valence-corrected chi connectivity index (χ2v) is 11.8. The quantitative estimate of drug-likeness (QED) is 0.0897. The number of hydrogen-bond acceptors (Lipinski definition) is 8. The molecule has 1 atom stereocenters. The molecule has 13 heteroatoms. The molecule has 5 aromatic rings. The van der Waals surface area contributed by atoms with Crippen molar-refractivity contribution in [2.75, 3.05) is 5.32 Å². The van der Waals surface area contributed by atoms with Crippen LogP contribution in [0.5, 0.6) is 0 Å². The van der Waals surface area contributed by atoms with Gasteiger partial charge in [-0.2, -0.15) is 5.11 Å². The van der Waals surface area contributed by atoms with E-state index in [2.05, 4.69) is 25.2 Å². The lowest BCUT2D eigenvalue weighted by Gasteiger charge is -2.34. The normalized spacial score (nSPS) is 15.7. The molecule has 7 rings (SSSR count). The van der Waals surface area contributed by atoms with Crippen LogP contribution < -0.4 is 10.9 Å². The van der Waals surface area contributed by atoms with E-state index in [1.807, 2.05) is 30.3 Å². The number of nitro benzene ring substituents is 1. The number of anilines is 1. The van der Waals surface area contributed by atoms with Crippen molar-refractivity contribution in [2.45, 2.75) is 18.9 Å². The highest BCUT2D eigenvalue weighted by Gasteiger charge is 2.38. The van der Waals surface area contributed by atoms with Crippen molar-refractivity contribution in [2.24, 2.45) is 10.2 Å². The number of non-ortho nitro benzene ring substituents is 1. The van der Waals surface area contributed by atoms with Crippen molar-refractivity contribution < 1.29 is 4.92 Å². The van der Waals surface area contributed by atoms with Crippen LogP contribution in [0.1, 0.15) is 28.6 Å². The van der Waals surface area contributed by atoms with Gasteiger partial charge >= 0.3 is 0 Å². The Bertz CT molecular complexity index is 2040. The number of thiazole rings is 1. The summed E-state index contributed by atoms with van der Waals surface area (Å²) in [5, 5.41) is 26.9. The van der Waals surface area contributed by atoms with Gasteiger partial charge in [-0.3, -0.25) is 29.3 Å². The predicted octanol–water partition coefficient (Wildman–Crippen LogP) is 8.11. The van der Waals surface area contributed by atoms with E-state index < -0.39 is 16.5 Å². The third-order valence-corrected chi connectivity index (χ3v) is 9.02. The number of fused-ring (bicyclic) bond motifs is 3. The van der Waals surface area contributed by atoms with Gasteiger partial charge in [0.05, 0.1) is 15.5 Å². The van der Waals surface area contributed by atoms with Gasteiger partial charge < -0.3 is 5.32 Å². The Morgan fingerprint density at radius 2 is 1.74 bits per heavy atom. The molecule has 2 aromatic heterocycles. The minimum Gasteiger partial charge on any atom is -0.342 e. The lowest BCUT2D eigenvalue weighted by atomic mass is 9.88. The van der Waals surface area contributed by atoms with Crippen LogP contribution >= 0.6 is 35.2 Å². The molecule has 10 nitrogen and oxygen atoms in total. The smallest absolute Gasteiger partial charge is 0.294 e. The zero-order chi connectivity index (χ0) is 29.0. The average molecular weight is 614 g/mol. The molecule has 0 saturated carbocycles. The van der Waals surface area contributed by atoms with E-state index in [9.17, 15) is 14.9 Å². The molecule has 0 amide bonds. The van der Waals surface area contributed by atoms with Crippen LogP contribution in [0.25, 0.3) is 11.3 Å². The van der Waals surface area contributed by atoms with Gasteiger partial charge in [0.1, 0.15) is 6.04 Å². The van der Waals surface area contributed by atoms with Crippen molar-refractivity contribution in [3.63, 3.8) is 0 Å². The maximum atomic E-state index is 13.3. The second kappa shape index (κ2) is 10.3. The van der Waals surface area contributed by atoms with E-state index in [4.69, 9.17) is 23.8 Å². The van der Waals surface area contributed by atoms with Gasteiger partial charge in [0.25, 0.3) is 11.2 Å². The third-order valence-electron chi connectivity index (χ3n) is 7.31. The molecule has 2 N–H and O–H groups in total. The van der Waals surface area contributed by atoms with Crippen molar-refractivity contribution in [3.05, 3.63) is 130 Å². The highest BCUT2D eigenvalue weighted by Crippen LogP contribution is 2.49. The molecule has 208 valence electrons. The van der Waals surface area contributed by atoms with Crippen LogP contribution in [0.3, 0.4) is 0 Å². The number of hydrogen-bond donors (Lipinski definition) is 2. The average Bonchev–Trinajstić information content (AvgIpc) is 3.50.